The topological polar surface area (TPSA) is 42.4 Å². The Bertz CT molecular complexity index is 1050. The highest BCUT2D eigenvalue weighted by Crippen LogP contribution is 2.34. The molecule has 1 aromatic heterocycles. The van der Waals surface area contributed by atoms with E-state index in [0.29, 0.717) is 40.0 Å². The third-order valence-electron chi connectivity index (χ3n) is 4.45. The molecule has 0 aliphatic carbocycles. The van der Waals surface area contributed by atoms with Crippen molar-refractivity contribution in [2.45, 2.75) is 19.2 Å². The fraction of sp³-hybridized carbons (Fsp3) is 0.200. The molecule has 0 unspecified atom stereocenters. The molecule has 0 atom stereocenters. The fourth-order valence-corrected chi connectivity index (χ4v) is 3.93. The zero-order chi connectivity index (χ0) is 20.6. The van der Waals surface area contributed by atoms with Gasteiger partial charge in [0.05, 0.1) is 11.3 Å². The average molecular weight is 422 g/mol. The van der Waals surface area contributed by atoms with Gasteiger partial charge < -0.3 is 9.64 Å². The lowest BCUT2D eigenvalue weighted by Crippen LogP contribution is -2.36. The highest BCUT2D eigenvalue weighted by molar-refractivity contribution is 7.15. The van der Waals surface area contributed by atoms with E-state index < -0.39 is 11.7 Å². The Morgan fingerprint density at radius 1 is 1.14 bits per heavy atom. The normalized spacial score (nSPS) is 14.1. The number of halogens is 4. The van der Waals surface area contributed by atoms with E-state index in [9.17, 15) is 22.4 Å². The summed E-state index contributed by atoms with van der Waals surface area (Å²) >= 11 is 1.07. The minimum Gasteiger partial charge on any atom is -0.465 e. The molecule has 1 aliphatic heterocycles. The summed E-state index contributed by atoms with van der Waals surface area (Å²) in [5.74, 6) is -0.698. The number of rotatable bonds is 4. The Morgan fingerprint density at radius 3 is 2.59 bits per heavy atom. The van der Waals surface area contributed by atoms with E-state index >= 15 is 0 Å². The summed E-state index contributed by atoms with van der Waals surface area (Å²) < 4.78 is 57.0. The Kier molecular flexibility index (Phi) is 4.99. The minimum absolute atomic E-state index is 0.112. The first-order valence-electron chi connectivity index (χ1n) is 8.67. The van der Waals surface area contributed by atoms with Crippen LogP contribution in [0.3, 0.4) is 0 Å². The van der Waals surface area contributed by atoms with E-state index in [2.05, 4.69) is 4.98 Å². The molecular weight excluding hydrogens is 408 g/mol. The van der Waals surface area contributed by atoms with Crippen molar-refractivity contribution in [3.05, 3.63) is 76.0 Å². The van der Waals surface area contributed by atoms with E-state index in [0.717, 1.165) is 23.5 Å². The zero-order valence-electron chi connectivity index (χ0n) is 14.9. The summed E-state index contributed by atoms with van der Waals surface area (Å²) in [5, 5.41) is 0.293. The molecule has 9 heteroatoms. The highest BCUT2D eigenvalue weighted by atomic mass is 32.1. The van der Waals surface area contributed by atoms with Crippen molar-refractivity contribution in [3.63, 3.8) is 0 Å². The number of anilines is 1. The number of carbonyl (C=O) groups excluding carboxylic acids is 1. The van der Waals surface area contributed by atoms with Gasteiger partial charge in [0.25, 0.3) is 11.1 Å². The van der Waals surface area contributed by atoms with Gasteiger partial charge in [0.15, 0.2) is 0 Å². The van der Waals surface area contributed by atoms with Crippen LogP contribution in [0.2, 0.25) is 0 Å². The maximum atomic E-state index is 13.2. The van der Waals surface area contributed by atoms with E-state index in [-0.39, 0.29) is 18.3 Å². The number of amides is 1. The van der Waals surface area contributed by atoms with Crippen LogP contribution in [-0.2, 0) is 19.2 Å². The fourth-order valence-electron chi connectivity index (χ4n) is 3.02. The predicted molar refractivity (Wildman–Crippen MR) is 99.7 cm³/mol. The van der Waals surface area contributed by atoms with Gasteiger partial charge in [-0.3, -0.25) is 4.79 Å². The van der Waals surface area contributed by atoms with E-state index in [1.165, 1.54) is 29.2 Å². The van der Waals surface area contributed by atoms with Crippen LogP contribution < -0.4 is 9.64 Å². The van der Waals surface area contributed by atoms with Gasteiger partial charge in [-0.15, -0.1) is 0 Å². The standard InChI is InChI=1S/C20H14F4N2O2S/c21-14-3-1-2-12(10-14)11-28-19-25-16-8-9-26(18(27)17(16)29-19)15-6-4-13(5-7-15)20(22,23)24/h1-7,10H,8-9,11H2. The second kappa shape index (κ2) is 7.47. The number of hydrogen-bond donors (Lipinski definition) is 0. The van der Waals surface area contributed by atoms with Crippen molar-refractivity contribution in [1.29, 1.82) is 0 Å². The Labute approximate surface area is 167 Å². The Morgan fingerprint density at radius 2 is 1.90 bits per heavy atom. The van der Waals surface area contributed by atoms with Crippen molar-refractivity contribution < 1.29 is 27.1 Å². The van der Waals surface area contributed by atoms with Crippen LogP contribution in [0.5, 0.6) is 5.19 Å². The monoisotopic (exact) mass is 422 g/mol. The molecule has 0 N–H and O–H groups in total. The molecule has 0 saturated carbocycles. The molecule has 4 nitrogen and oxygen atoms in total. The number of benzene rings is 2. The smallest absolute Gasteiger partial charge is 0.416 e. The molecule has 0 bridgehead atoms. The third-order valence-corrected chi connectivity index (χ3v) is 5.45. The highest BCUT2D eigenvalue weighted by Gasteiger charge is 2.32. The Balaban J connectivity index is 1.49. The molecule has 4 rings (SSSR count). The van der Waals surface area contributed by atoms with Crippen molar-refractivity contribution >= 4 is 22.9 Å². The molecule has 29 heavy (non-hydrogen) atoms. The van der Waals surface area contributed by atoms with Crippen molar-refractivity contribution in [2.75, 3.05) is 11.4 Å². The number of ether oxygens (including phenoxy) is 1. The second-order valence-electron chi connectivity index (χ2n) is 6.43. The molecule has 2 aromatic carbocycles. The van der Waals surface area contributed by atoms with Gasteiger partial charge in [0, 0.05) is 18.7 Å². The summed E-state index contributed by atoms with van der Waals surface area (Å²) in [7, 11) is 0. The Hall–Kier alpha value is -2.94. The maximum absolute atomic E-state index is 13.2. The van der Waals surface area contributed by atoms with Crippen LogP contribution in [0.4, 0.5) is 23.2 Å². The van der Waals surface area contributed by atoms with E-state index in [4.69, 9.17) is 4.74 Å². The van der Waals surface area contributed by atoms with Crippen molar-refractivity contribution in [1.82, 2.24) is 4.98 Å². The molecule has 150 valence electrons. The number of aromatic nitrogens is 1. The molecule has 0 saturated heterocycles. The van der Waals surface area contributed by atoms with Gasteiger partial charge >= 0.3 is 6.18 Å². The number of nitrogens with zero attached hydrogens (tertiary/aromatic N) is 2. The summed E-state index contributed by atoms with van der Waals surface area (Å²) in [6.07, 6.45) is -3.97. The summed E-state index contributed by atoms with van der Waals surface area (Å²) in [6.45, 7) is 0.422. The maximum Gasteiger partial charge on any atom is 0.416 e. The SMILES string of the molecule is O=C1c2sc(OCc3cccc(F)c3)nc2CCN1c1ccc(C(F)(F)F)cc1. The van der Waals surface area contributed by atoms with Crippen LogP contribution in [0, 0.1) is 5.82 Å². The molecule has 0 fully saturated rings. The molecule has 3 aromatic rings. The van der Waals surface area contributed by atoms with Crippen LogP contribution in [0.1, 0.15) is 26.5 Å². The number of alkyl halides is 3. The van der Waals surface area contributed by atoms with Gasteiger partial charge in [-0.1, -0.05) is 23.5 Å². The second-order valence-corrected chi connectivity index (χ2v) is 7.39. The number of fused-ring (bicyclic) bond motifs is 1. The first-order valence-corrected chi connectivity index (χ1v) is 9.49. The predicted octanol–water partition coefficient (Wildman–Crippen LogP) is 5.08. The molecule has 0 spiro atoms. The molecule has 2 heterocycles. The first-order chi connectivity index (χ1) is 13.8. The largest absolute Gasteiger partial charge is 0.465 e. The number of carbonyl (C=O) groups is 1. The molecular formula is C20H14F4N2O2S. The molecule has 1 amide bonds. The van der Waals surface area contributed by atoms with Gasteiger partial charge in [-0.25, -0.2) is 9.37 Å². The van der Waals surface area contributed by atoms with Crippen LogP contribution in [0.25, 0.3) is 0 Å². The molecule has 0 radical (unpaired) electrons. The minimum atomic E-state index is -4.43. The van der Waals surface area contributed by atoms with Gasteiger partial charge in [0.2, 0.25) is 0 Å². The van der Waals surface area contributed by atoms with Gasteiger partial charge in [-0.05, 0) is 42.0 Å². The van der Waals surface area contributed by atoms with Crippen LogP contribution in [0.15, 0.2) is 48.5 Å². The van der Waals surface area contributed by atoms with Crippen molar-refractivity contribution in [2.24, 2.45) is 0 Å². The van der Waals surface area contributed by atoms with Gasteiger partial charge in [-0.2, -0.15) is 13.2 Å². The van der Waals surface area contributed by atoms with Crippen molar-refractivity contribution in [3.8, 4) is 5.19 Å². The summed E-state index contributed by atoms with van der Waals surface area (Å²) in [4.78, 5) is 18.9. The lowest BCUT2D eigenvalue weighted by molar-refractivity contribution is -0.137. The summed E-state index contributed by atoms with van der Waals surface area (Å²) in [5.41, 5.74) is 0.856. The zero-order valence-corrected chi connectivity index (χ0v) is 15.7. The lowest BCUT2D eigenvalue weighted by Gasteiger charge is -2.26. The first kappa shape index (κ1) is 19.4. The van der Waals surface area contributed by atoms with E-state index in [1.807, 2.05) is 0 Å². The van der Waals surface area contributed by atoms with Crippen LogP contribution in [-0.4, -0.2) is 17.4 Å². The van der Waals surface area contributed by atoms with Gasteiger partial charge in [0.1, 0.15) is 17.3 Å². The number of hydrogen-bond acceptors (Lipinski definition) is 4. The van der Waals surface area contributed by atoms with E-state index in [1.54, 1.807) is 12.1 Å². The average Bonchev–Trinajstić information content (AvgIpc) is 3.10. The lowest BCUT2D eigenvalue weighted by atomic mass is 10.1. The summed E-state index contributed by atoms with van der Waals surface area (Å²) in [6, 6.07) is 10.5. The van der Waals surface area contributed by atoms with Crippen LogP contribution >= 0.6 is 11.3 Å². The third kappa shape index (κ3) is 4.09. The quantitative estimate of drug-likeness (QED) is 0.551. The number of thiazole rings is 1. The molecule has 1 aliphatic rings.